The number of hydrogen-bond acceptors (Lipinski definition) is 3. The molecule has 3 N–H and O–H groups in total. The van der Waals surface area contributed by atoms with E-state index in [-0.39, 0.29) is 5.91 Å². The average Bonchev–Trinajstić information content (AvgIpc) is 2.90. The van der Waals surface area contributed by atoms with Gasteiger partial charge in [0.05, 0.1) is 6.04 Å². The van der Waals surface area contributed by atoms with Gasteiger partial charge in [-0.05, 0) is 98.6 Å². The summed E-state index contributed by atoms with van der Waals surface area (Å²) in [5.74, 6) is 3.08. The minimum atomic E-state index is -0.0333. The Hall–Kier alpha value is -2.86. The van der Waals surface area contributed by atoms with Crippen molar-refractivity contribution in [1.82, 2.24) is 15.5 Å². The SMILES string of the molecule is Cc1ccc(CCNC(=O)c2ccc(NC(=N[C@H]3C[C@@H]4C[C@@H]([C@H]3C)C4(C)C)N3CCN[C@@H](C)C3)cc2)c(C)c1. The van der Waals surface area contributed by atoms with Crippen molar-refractivity contribution in [3.63, 3.8) is 0 Å². The molecule has 39 heavy (non-hydrogen) atoms. The molecule has 3 aliphatic carbocycles. The third-order valence-corrected chi connectivity index (χ3v) is 9.85. The molecular formula is C33H47N5O. The highest BCUT2D eigenvalue weighted by Crippen LogP contribution is 2.61. The first kappa shape index (κ1) is 27.7. The highest BCUT2D eigenvalue weighted by atomic mass is 16.1. The standard InChI is InChI=1S/C33H47N5O/c1-21-7-8-25(22(2)17-21)13-14-35-31(39)26-9-11-28(12-10-26)36-32(38-16-15-34-23(3)20-38)37-30-19-27-18-29(24(30)4)33(27,5)6/h7-12,17,23-24,27,29-30,34H,13-16,18-20H2,1-6H3,(H,35,39)(H,36,37)/t23-,24+,27-,29-,30-/m0/s1. The molecule has 4 fully saturated rings. The fourth-order valence-corrected chi connectivity index (χ4v) is 7.14. The van der Waals surface area contributed by atoms with Gasteiger partial charge in [0.25, 0.3) is 5.91 Å². The Morgan fingerprint density at radius 2 is 1.87 bits per heavy atom. The van der Waals surface area contributed by atoms with Crippen LogP contribution < -0.4 is 16.0 Å². The minimum absolute atomic E-state index is 0.0333. The van der Waals surface area contributed by atoms with E-state index in [4.69, 9.17) is 4.99 Å². The molecule has 0 aromatic heterocycles. The summed E-state index contributed by atoms with van der Waals surface area (Å²) in [5.41, 5.74) is 5.93. The lowest BCUT2D eigenvalue weighted by molar-refractivity contribution is -0.108. The summed E-state index contributed by atoms with van der Waals surface area (Å²) >= 11 is 0. The van der Waals surface area contributed by atoms with Gasteiger partial charge in [-0.1, -0.05) is 44.5 Å². The summed E-state index contributed by atoms with van der Waals surface area (Å²) < 4.78 is 0. The fraction of sp³-hybridized carbons (Fsp3) is 0.576. The Bertz CT molecular complexity index is 1200. The monoisotopic (exact) mass is 529 g/mol. The first-order chi connectivity index (χ1) is 18.6. The third-order valence-electron chi connectivity index (χ3n) is 9.85. The predicted molar refractivity (Wildman–Crippen MR) is 161 cm³/mol. The Balaban J connectivity index is 1.24. The Morgan fingerprint density at radius 1 is 1.10 bits per heavy atom. The molecule has 3 saturated carbocycles. The van der Waals surface area contributed by atoms with Crippen molar-refractivity contribution in [3.8, 4) is 0 Å². The van der Waals surface area contributed by atoms with Crippen molar-refractivity contribution in [3.05, 3.63) is 64.7 Å². The average molecular weight is 530 g/mol. The molecule has 210 valence electrons. The van der Waals surface area contributed by atoms with Gasteiger partial charge in [-0.15, -0.1) is 0 Å². The molecule has 5 atom stereocenters. The molecule has 2 aromatic carbocycles. The van der Waals surface area contributed by atoms with E-state index in [0.717, 1.165) is 49.5 Å². The molecule has 6 nitrogen and oxygen atoms in total. The number of aliphatic imine (C=N–C) groups is 1. The molecule has 6 rings (SSSR count). The van der Waals surface area contributed by atoms with Crippen LogP contribution in [-0.2, 0) is 6.42 Å². The number of guanidine groups is 1. The van der Waals surface area contributed by atoms with Crippen molar-refractivity contribution in [2.24, 2.45) is 28.2 Å². The molecule has 1 aliphatic heterocycles. The highest BCUT2D eigenvalue weighted by molar-refractivity contribution is 5.96. The van der Waals surface area contributed by atoms with E-state index >= 15 is 0 Å². The van der Waals surface area contributed by atoms with Gasteiger partial charge in [0.15, 0.2) is 5.96 Å². The normalized spacial score (nSPS) is 28.0. The number of aryl methyl sites for hydroxylation is 2. The number of piperazine rings is 1. The van der Waals surface area contributed by atoms with Crippen molar-refractivity contribution < 1.29 is 4.79 Å². The lowest BCUT2D eigenvalue weighted by Gasteiger charge is -2.61. The van der Waals surface area contributed by atoms with Gasteiger partial charge in [-0.2, -0.15) is 0 Å². The minimum Gasteiger partial charge on any atom is -0.352 e. The Kier molecular flexibility index (Phi) is 8.04. The van der Waals surface area contributed by atoms with Gasteiger partial charge < -0.3 is 20.9 Å². The Labute approximate surface area is 235 Å². The number of amides is 1. The molecule has 6 heteroatoms. The van der Waals surface area contributed by atoms with E-state index in [2.05, 4.69) is 80.6 Å². The molecule has 0 unspecified atom stereocenters. The second-order valence-corrected chi connectivity index (χ2v) is 12.9. The van der Waals surface area contributed by atoms with E-state index < -0.39 is 0 Å². The number of rotatable bonds is 6. The molecule has 0 radical (unpaired) electrons. The molecule has 1 heterocycles. The molecule has 2 aromatic rings. The lowest BCUT2D eigenvalue weighted by Crippen LogP contribution is -2.57. The van der Waals surface area contributed by atoms with Gasteiger partial charge in [-0.3, -0.25) is 4.79 Å². The largest absolute Gasteiger partial charge is 0.352 e. The van der Waals surface area contributed by atoms with Crippen LogP contribution in [0, 0.1) is 37.0 Å². The number of carbonyl (C=O) groups is 1. The maximum Gasteiger partial charge on any atom is 0.251 e. The maximum absolute atomic E-state index is 12.8. The lowest BCUT2D eigenvalue weighted by atomic mass is 9.45. The maximum atomic E-state index is 12.8. The van der Waals surface area contributed by atoms with E-state index in [1.807, 2.05) is 24.3 Å². The highest BCUT2D eigenvalue weighted by Gasteiger charge is 2.56. The third kappa shape index (κ3) is 6.01. The number of nitrogens with zero attached hydrogens (tertiary/aromatic N) is 2. The summed E-state index contributed by atoms with van der Waals surface area (Å²) in [6.07, 6.45) is 3.37. The van der Waals surface area contributed by atoms with Crippen LogP contribution in [-0.4, -0.2) is 55.0 Å². The van der Waals surface area contributed by atoms with Crippen LogP contribution in [0.25, 0.3) is 0 Å². The van der Waals surface area contributed by atoms with Crippen LogP contribution >= 0.6 is 0 Å². The summed E-state index contributed by atoms with van der Waals surface area (Å²) in [6, 6.07) is 15.1. The molecule has 2 bridgehead atoms. The zero-order valence-corrected chi connectivity index (χ0v) is 24.7. The van der Waals surface area contributed by atoms with Gasteiger partial charge in [0.2, 0.25) is 0 Å². The van der Waals surface area contributed by atoms with Crippen molar-refractivity contribution in [2.45, 2.75) is 72.9 Å². The second kappa shape index (κ2) is 11.3. The van der Waals surface area contributed by atoms with Crippen LogP contribution in [0.5, 0.6) is 0 Å². The van der Waals surface area contributed by atoms with Crippen molar-refractivity contribution in [2.75, 3.05) is 31.5 Å². The van der Waals surface area contributed by atoms with Gasteiger partial charge in [0.1, 0.15) is 0 Å². The fourth-order valence-electron chi connectivity index (χ4n) is 7.14. The smallest absolute Gasteiger partial charge is 0.251 e. The second-order valence-electron chi connectivity index (χ2n) is 12.9. The topological polar surface area (TPSA) is 68.8 Å². The van der Waals surface area contributed by atoms with E-state index in [9.17, 15) is 4.79 Å². The molecule has 1 saturated heterocycles. The molecule has 0 spiro atoms. The summed E-state index contributed by atoms with van der Waals surface area (Å²) in [5, 5.41) is 10.3. The van der Waals surface area contributed by atoms with E-state index in [0.29, 0.717) is 35.5 Å². The summed E-state index contributed by atoms with van der Waals surface area (Å²) in [7, 11) is 0. The molecular weight excluding hydrogens is 482 g/mol. The van der Waals surface area contributed by atoms with Crippen molar-refractivity contribution in [1.29, 1.82) is 0 Å². The number of hydrogen-bond donors (Lipinski definition) is 3. The van der Waals surface area contributed by atoms with Crippen LogP contribution in [0.3, 0.4) is 0 Å². The number of nitrogens with one attached hydrogen (secondary N) is 3. The van der Waals surface area contributed by atoms with Gasteiger partial charge in [0, 0.05) is 43.5 Å². The zero-order valence-electron chi connectivity index (χ0n) is 24.7. The van der Waals surface area contributed by atoms with Crippen LogP contribution in [0.2, 0.25) is 0 Å². The van der Waals surface area contributed by atoms with Crippen LogP contribution in [0.4, 0.5) is 5.69 Å². The summed E-state index contributed by atoms with van der Waals surface area (Å²) in [6.45, 7) is 17.2. The van der Waals surface area contributed by atoms with Crippen molar-refractivity contribution >= 4 is 17.6 Å². The van der Waals surface area contributed by atoms with Gasteiger partial charge >= 0.3 is 0 Å². The number of fused-ring (bicyclic) bond motifs is 2. The molecule has 4 aliphatic rings. The number of anilines is 1. The first-order valence-corrected chi connectivity index (χ1v) is 14.9. The molecule has 1 amide bonds. The quantitative estimate of drug-likeness (QED) is 0.346. The predicted octanol–water partition coefficient (Wildman–Crippen LogP) is 5.41. The van der Waals surface area contributed by atoms with Crippen LogP contribution in [0.1, 0.15) is 67.6 Å². The van der Waals surface area contributed by atoms with E-state index in [1.165, 1.54) is 29.5 Å². The van der Waals surface area contributed by atoms with Gasteiger partial charge in [-0.25, -0.2) is 4.99 Å². The summed E-state index contributed by atoms with van der Waals surface area (Å²) in [4.78, 5) is 20.6. The number of carbonyl (C=O) groups excluding carboxylic acids is 1. The van der Waals surface area contributed by atoms with Crippen LogP contribution in [0.15, 0.2) is 47.5 Å². The number of benzene rings is 2. The Morgan fingerprint density at radius 3 is 2.54 bits per heavy atom. The first-order valence-electron chi connectivity index (χ1n) is 14.9. The zero-order chi connectivity index (χ0) is 27.7. The van der Waals surface area contributed by atoms with E-state index in [1.54, 1.807) is 0 Å².